The number of nitrogens with zero attached hydrogens (tertiary/aromatic N) is 4. The first kappa shape index (κ1) is 18.3. The second kappa shape index (κ2) is 7.53. The number of aryl methyl sites for hydroxylation is 1. The Labute approximate surface area is 170 Å². The van der Waals surface area contributed by atoms with E-state index in [9.17, 15) is 4.79 Å². The number of aromatic nitrogens is 5. The molecule has 0 fully saturated rings. The van der Waals surface area contributed by atoms with Gasteiger partial charge in [-0.2, -0.15) is 10.2 Å². The van der Waals surface area contributed by atoms with Gasteiger partial charge < -0.3 is 5.32 Å². The molecule has 0 aliphatic rings. The lowest BCUT2D eigenvalue weighted by Gasteiger charge is -2.09. The molecule has 1 amide bonds. The SMILES string of the molecule is Cc1nn(-c2ccccc2)c(C)c1NC(=O)Cn1c(-c2cccs2)n[nH]c1=S. The minimum atomic E-state index is -0.186. The number of amides is 1. The quantitative estimate of drug-likeness (QED) is 0.485. The van der Waals surface area contributed by atoms with Crippen molar-refractivity contribution in [3.05, 3.63) is 64.0 Å². The number of hydrogen-bond acceptors (Lipinski definition) is 5. The number of benzene rings is 1. The Bertz CT molecular complexity index is 1170. The maximum atomic E-state index is 12.8. The number of thiophene rings is 1. The standard InChI is InChI=1S/C19H18N6OS2/c1-12-17(13(2)25(23-12)14-7-4-3-5-8-14)20-16(26)11-24-18(21-22-19(24)27)15-9-6-10-28-15/h3-10H,11H2,1-2H3,(H,20,26)(H,22,27). The lowest BCUT2D eigenvalue weighted by molar-refractivity contribution is -0.116. The van der Waals surface area contributed by atoms with Crippen molar-refractivity contribution in [2.24, 2.45) is 0 Å². The molecule has 4 rings (SSSR count). The summed E-state index contributed by atoms with van der Waals surface area (Å²) in [5, 5.41) is 16.5. The highest BCUT2D eigenvalue weighted by Gasteiger charge is 2.17. The number of H-pyrrole nitrogens is 1. The predicted molar refractivity (Wildman–Crippen MR) is 112 cm³/mol. The lowest BCUT2D eigenvalue weighted by atomic mass is 10.3. The van der Waals surface area contributed by atoms with Crippen LogP contribution in [0.5, 0.6) is 0 Å². The van der Waals surface area contributed by atoms with Crippen molar-refractivity contribution in [2.45, 2.75) is 20.4 Å². The Morgan fingerprint density at radius 2 is 2.00 bits per heavy atom. The summed E-state index contributed by atoms with van der Waals surface area (Å²) in [5.74, 6) is 0.470. The van der Waals surface area contributed by atoms with Crippen molar-refractivity contribution in [3.8, 4) is 16.4 Å². The molecule has 0 bridgehead atoms. The van der Waals surface area contributed by atoms with Crippen LogP contribution >= 0.6 is 23.6 Å². The molecule has 4 aromatic rings. The van der Waals surface area contributed by atoms with E-state index in [-0.39, 0.29) is 12.5 Å². The second-order valence-corrected chi connectivity index (χ2v) is 7.59. The number of nitrogens with one attached hydrogen (secondary N) is 2. The molecule has 0 unspecified atom stereocenters. The molecule has 2 N–H and O–H groups in total. The highest BCUT2D eigenvalue weighted by atomic mass is 32.1. The van der Waals surface area contributed by atoms with E-state index in [1.807, 2.05) is 66.4 Å². The Morgan fingerprint density at radius 1 is 1.21 bits per heavy atom. The molecule has 142 valence electrons. The number of hydrogen-bond donors (Lipinski definition) is 2. The number of para-hydroxylation sites is 1. The van der Waals surface area contributed by atoms with Crippen LogP contribution in [0.15, 0.2) is 47.8 Å². The van der Waals surface area contributed by atoms with Crippen LogP contribution in [0, 0.1) is 18.6 Å². The van der Waals surface area contributed by atoms with Gasteiger partial charge in [-0.15, -0.1) is 11.3 Å². The third-order valence-electron chi connectivity index (χ3n) is 4.36. The summed E-state index contributed by atoms with van der Waals surface area (Å²) in [6.07, 6.45) is 0. The van der Waals surface area contributed by atoms with Crippen LogP contribution in [0.2, 0.25) is 0 Å². The third-order valence-corrected chi connectivity index (χ3v) is 5.54. The Kier molecular flexibility index (Phi) is 4.93. The molecule has 9 heteroatoms. The molecule has 0 spiro atoms. The Hall–Kier alpha value is -3.04. The van der Waals surface area contributed by atoms with Gasteiger partial charge in [-0.25, -0.2) is 4.68 Å². The zero-order chi connectivity index (χ0) is 19.7. The van der Waals surface area contributed by atoms with E-state index in [0.29, 0.717) is 16.3 Å². The molecule has 1 aromatic carbocycles. The number of carbonyl (C=O) groups is 1. The molecule has 0 radical (unpaired) electrons. The van der Waals surface area contributed by atoms with E-state index in [1.165, 1.54) is 0 Å². The van der Waals surface area contributed by atoms with E-state index in [0.717, 1.165) is 22.0 Å². The molecular formula is C19H18N6OS2. The summed E-state index contributed by atoms with van der Waals surface area (Å²) in [5.41, 5.74) is 3.28. The van der Waals surface area contributed by atoms with Gasteiger partial charge in [0.25, 0.3) is 0 Å². The fourth-order valence-corrected chi connectivity index (χ4v) is 3.94. The molecule has 3 heterocycles. The van der Waals surface area contributed by atoms with Gasteiger partial charge in [0.05, 0.1) is 27.6 Å². The second-order valence-electron chi connectivity index (χ2n) is 6.26. The van der Waals surface area contributed by atoms with Crippen LogP contribution in [-0.4, -0.2) is 30.5 Å². The van der Waals surface area contributed by atoms with Crippen LogP contribution in [0.3, 0.4) is 0 Å². The Morgan fingerprint density at radius 3 is 2.71 bits per heavy atom. The molecule has 0 saturated carbocycles. The largest absolute Gasteiger partial charge is 0.321 e. The van der Waals surface area contributed by atoms with Gasteiger partial charge in [0.1, 0.15) is 6.54 Å². The first-order valence-corrected chi connectivity index (χ1v) is 9.94. The average Bonchev–Trinajstić information content (AvgIpc) is 3.40. The van der Waals surface area contributed by atoms with Crippen molar-refractivity contribution in [1.82, 2.24) is 24.5 Å². The smallest absolute Gasteiger partial charge is 0.244 e. The summed E-state index contributed by atoms with van der Waals surface area (Å²) in [6, 6.07) is 13.7. The van der Waals surface area contributed by atoms with Gasteiger partial charge in [-0.1, -0.05) is 24.3 Å². The van der Waals surface area contributed by atoms with Gasteiger partial charge in [0.2, 0.25) is 5.91 Å². The monoisotopic (exact) mass is 410 g/mol. The van der Waals surface area contributed by atoms with Crippen molar-refractivity contribution in [3.63, 3.8) is 0 Å². The van der Waals surface area contributed by atoms with Gasteiger partial charge in [0, 0.05) is 0 Å². The first-order valence-electron chi connectivity index (χ1n) is 8.65. The molecule has 0 atom stereocenters. The summed E-state index contributed by atoms with van der Waals surface area (Å²) in [4.78, 5) is 13.7. The van der Waals surface area contributed by atoms with Gasteiger partial charge >= 0.3 is 0 Å². The lowest BCUT2D eigenvalue weighted by Crippen LogP contribution is -2.20. The normalized spacial score (nSPS) is 10.9. The van der Waals surface area contributed by atoms with Crippen LogP contribution in [-0.2, 0) is 11.3 Å². The fourth-order valence-electron chi connectivity index (χ4n) is 3.03. The minimum Gasteiger partial charge on any atom is -0.321 e. The average molecular weight is 411 g/mol. The van der Waals surface area contributed by atoms with Gasteiger partial charge in [0.15, 0.2) is 10.6 Å². The zero-order valence-electron chi connectivity index (χ0n) is 15.3. The molecule has 7 nitrogen and oxygen atoms in total. The van der Waals surface area contributed by atoms with Crippen molar-refractivity contribution in [1.29, 1.82) is 0 Å². The van der Waals surface area contributed by atoms with Gasteiger partial charge in [-0.05, 0) is 49.6 Å². The summed E-state index contributed by atoms with van der Waals surface area (Å²) >= 11 is 6.85. The number of carbonyl (C=O) groups excluding carboxylic acids is 1. The van der Waals surface area contributed by atoms with Crippen LogP contribution in [0.25, 0.3) is 16.4 Å². The van der Waals surface area contributed by atoms with E-state index < -0.39 is 0 Å². The van der Waals surface area contributed by atoms with Crippen molar-refractivity contribution < 1.29 is 4.79 Å². The molecule has 0 aliphatic carbocycles. The molecular weight excluding hydrogens is 392 g/mol. The molecule has 28 heavy (non-hydrogen) atoms. The van der Waals surface area contributed by atoms with E-state index >= 15 is 0 Å². The molecule has 0 aliphatic heterocycles. The highest BCUT2D eigenvalue weighted by molar-refractivity contribution is 7.71. The van der Waals surface area contributed by atoms with Crippen LogP contribution in [0.1, 0.15) is 11.4 Å². The minimum absolute atomic E-state index is 0.0674. The predicted octanol–water partition coefficient (Wildman–Crippen LogP) is 4.11. The van der Waals surface area contributed by atoms with E-state index in [2.05, 4.69) is 20.6 Å². The Balaban J connectivity index is 1.59. The molecule has 0 saturated heterocycles. The van der Waals surface area contributed by atoms with Crippen LogP contribution in [0.4, 0.5) is 5.69 Å². The summed E-state index contributed by atoms with van der Waals surface area (Å²) in [7, 11) is 0. The number of anilines is 1. The topological polar surface area (TPSA) is 80.5 Å². The van der Waals surface area contributed by atoms with Gasteiger partial charge in [-0.3, -0.25) is 14.5 Å². The fraction of sp³-hybridized carbons (Fsp3) is 0.158. The highest BCUT2D eigenvalue weighted by Crippen LogP contribution is 2.24. The number of aromatic amines is 1. The van der Waals surface area contributed by atoms with E-state index in [1.54, 1.807) is 15.9 Å². The number of rotatable bonds is 5. The third kappa shape index (κ3) is 3.41. The zero-order valence-corrected chi connectivity index (χ0v) is 17.0. The summed E-state index contributed by atoms with van der Waals surface area (Å²) < 4.78 is 3.93. The maximum Gasteiger partial charge on any atom is 0.244 e. The van der Waals surface area contributed by atoms with Crippen LogP contribution < -0.4 is 5.32 Å². The van der Waals surface area contributed by atoms with E-state index in [4.69, 9.17) is 12.2 Å². The first-order chi connectivity index (χ1) is 13.5. The van der Waals surface area contributed by atoms with Crippen molar-refractivity contribution in [2.75, 3.05) is 5.32 Å². The molecule has 3 aromatic heterocycles. The van der Waals surface area contributed by atoms with Crippen molar-refractivity contribution >= 4 is 35.1 Å². The summed E-state index contributed by atoms with van der Waals surface area (Å²) in [6.45, 7) is 3.88. The maximum absolute atomic E-state index is 12.8.